The summed E-state index contributed by atoms with van der Waals surface area (Å²) in [6.45, 7) is 3.21. The van der Waals surface area contributed by atoms with E-state index >= 15 is 0 Å². The van der Waals surface area contributed by atoms with Gasteiger partial charge in [-0.2, -0.15) is 10.1 Å². The lowest BCUT2D eigenvalue weighted by atomic mass is 10.2. The van der Waals surface area contributed by atoms with Crippen molar-refractivity contribution in [2.24, 2.45) is 5.73 Å². The SMILES string of the molecule is CCn1cc(Nc2ncc(C(N)=O)c(NCc3ccc(Cl)cc3)n2)cn1. The fourth-order valence-electron chi connectivity index (χ4n) is 2.28. The molecule has 4 N–H and O–H groups in total. The Morgan fingerprint density at radius 2 is 2.04 bits per heavy atom. The van der Waals surface area contributed by atoms with Crippen LogP contribution in [0.2, 0.25) is 5.02 Å². The number of nitrogens with one attached hydrogen (secondary N) is 2. The Bertz CT molecular complexity index is 908. The largest absolute Gasteiger partial charge is 0.365 e. The van der Waals surface area contributed by atoms with E-state index in [1.165, 1.54) is 6.20 Å². The molecule has 1 amide bonds. The first-order valence-corrected chi connectivity index (χ1v) is 8.37. The van der Waals surface area contributed by atoms with Crippen LogP contribution in [0.25, 0.3) is 0 Å². The molecule has 0 unspecified atom stereocenters. The first-order valence-electron chi connectivity index (χ1n) is 8.00. The summed E-state index contributed by atoms with van der Waals surface area (Å²) in [5.41, 5.74) is 7.37. The van der Waals surface area contributed by atoms with Gasteiger partial charge in [0.05, 0.1) is 17.4 Å². The molecule has 0 aliphatic rings. The molecule has 134 valence electrons. The van der Waals surface area contributed by atoms with Crippen molar-refractivity contribution in [3.05, 3.63) is 59.0 Å². The molecule has 0 radical (unpaired) electrons. The third-order valence-electron chi connectivity index (χ3n) is 3.64. The van der Waals surface area contributed by atoms with Gasteiger partial charge in [0.25, 0.3) is 5.91 Å². The number of carbonyl (C=O) groups is 1. The number of hydrogen-bond donors (Lipinski definition) is 3. The van der Waals surface area contributed by atoms with Crippen LogP contribution in [0.4, 0.5) is 17.5 Å². The molecule has 0 aliphatic carbocycles. The van der Waals surface area contributed by atoms with Gasteiger partial charge in [0, 0.05) is 30.5 Å². The summed E-state index contributed by atoms with van der Waals surface area (Å²) in [5, 5.41) is 11.0. The molecule has 2 aromatic heterocycles. The van der Waals surface area contributed by atoms with Gasteiger partial charge in [-0.1, -0.05) is 23.7 Å². The number of aryl methyl sites for hydroxylation is 1. The minimum Gasteiger partial charge on any atom is -0.365 e. The smallest absolute Gasteiger partial charge is 0.254 e. The first-order chi connectivity index (χ1) is 12.5. The van der Waals surface area contributed by atoms with Crippen LogP contribution in [-0.2, 0) is 13.1 Å². The molecule has 3 aromatic rings. The zero-order valence-electron chi connectivity index (χ0n) is 14.1. The second kappa shape index (κ2) is 7.83. The van der Waals surface area contributed by atoms with Crippen LogP contribution in [0.5, 0.6) is 0 Å². The van der Waals surface area contributed by atoms with Gasteiger partial charge in [-0.15, -0.1) is 0 Å². The summed E-state index contributed by atoms with van der Waals surface area (Å²) >= 11 is 5.89. The Labute approximate surface area is 155 Å². The van der Waals surface area contributed by atoms with E-state index in [1.807, 2.05) is 25.3 Å². The number of primary amides is 1. The van der Waals surface area contributed by atoms with E-state index in [1.54, 1.807) is 23.0 Å². The van der Waals surface area contributed by atoms with Crippen LogP contribution < -0.4 is 16.4 Å². The quantitative estimate of drug-likeness (QED) is 0.589. The first kappa shape index (κ1) is 17.7. The minimum atomic E-state index is -0.603. The van der Waals surface area contributed by atoms with Gasteiger partial charge in [-0.3, -0.25) is 9.48 Å². The standard InChI is InChI=1S/C17H18ClN7O/c1-2-25-10-13(8-22-25)23-17-21-9-14(15(19)26)16(24-17)20-7-11-3-5-12(18)6-4-11/h3-6,8-10H,2,7H2,1H3,(H2,19,26)(H2,20,21,23,24). The second-order valence-corrected chi connectivity index (χ2v) is 5.95. The zero-order valence-corrected chi connectivity index (χ0v) is 14.9. The van der Waals surface area contributed by atoms with Crippen LogP contribution in [0.1, 0.15) is 22.8 Å². The van der Waals surface area contributed by atoms with Crippen LogP contribution in [0, 0.1) is 0 Å². The number of hydrogen-bond acceptors (Lipinski definition) is 6. The number of carbonyl (C=O) groups excluding carboxylic acids is 1. The molecule has 26 heavy (non-hydrogen) atoms. The zero-order chi connectivity index (χ0) is 18.5. The Hall–Kier alpha value is -3.13. The summed E-state index contributed by atoms with van der Waals surface area (Å²) in [4.78, 5) is 20.1. The molecule has 2 heterocycles. The van der Waals surface area contributed by atoms with Crippen LogP contribution >= 0.6 is 11.6 Å². The molecule has 0 fully saturated rings. The van der Waals surface area contributed by atoms with Crippen LogP contribution in [-0.4, -0.2) is 25.7 Å². The van der Waals surface area contributed by atoms with E-state index in [0.29, 0.717) is 23.3 Å². The number of nitrogens with zero attached hydrogens (tertiary/aromatic N) is 4. The van der Waals surface area contributed by atoms with Crippen molar-refractivity contribution < 1.29 is 4.79 Å². The monoisotopic (exact) mass is 371 g/mol. The Kier molecular flexibility index (Phi) is 5.33. The van der Waals surface area contributed by atoms with Gasteiger partial charge in [0.1, 0.15) is 5.82 Å². The van der Waals surface area contributed by atoms with Crippen molar-refractivity contribution in [1.82, 2.24) is 19.7 Å². The maximum Gasteiger partial charge on any atom is 0.254 e. The van der Waals surface area contributed by atoms with E-state index < -0.39 is 5.91 Å². The summed E-state index contributed by atoms with van der Waals surface area (Å²) in [6.07, 6.45) is 4.91. The number of amides is 1. The Balaban J connectivity index is 1.79. The van der Waals surface area contributed by atoms with E-state index in [-0.39, 0.29) is 5.56 Å². The van der Waals surface area contributed by atoms with Gasteiger partial charge in [0.2, 0.25) is 5.95 Å². The van der Waals surface area contributed by atoms with Crippen molar-refractivity contribution in [3.63, 3.8) is 0 Å². The molecule has 1 aromatic carbocycles. The highest BCUT2D eigenvalue weighted by Gasteiger charge is 2.12. The fourth-order valence-corrected chi connectivity index (χ4v) is 2.40. The highest BCUT2D eigenvalue weighted by Crippen LogP contribution is 2.18. The molecule has 0 spiro atoms. The number of anilines is 3. The molecule has 0 aliphatic heterocycles. The van der Waals surface area contributed by atoms with Crippen molar-refractivity contribution in [2.45, 2.75) is 20.0 Å². The summed E-state index contributed by atoms with van der Waals surface area (Å²) in [7, 11) is 0. The number of rotatable bonds is 7. The topological polar surface area (TPSA) is 111 Å². The third-order valence-corrected chi connectivity index (χ3v) is 3.89. The highest BCUT2D eigenvalue weighted by molar-refractivity contribution is 6.30. The van der Waals surface area contributed by atoms with Gasteiger partial charge in [0.15, 0.2) is 0 Å². The lowest BCUT2D eigenvalue weighted by Gasteiger charge is -2.11. The maximum absolute atomic E-state index is 11.6. The van der Waals surface area contributed by atoms with Crippen molar-refractivity contribution in [1.29, 1.82) is 0 Å². The van der Waals surface area contributed by atoms with Crippen molar-refractivity contribution in [3.8, 4) is 0 Å². The molecule has 0 saturated heterocycles. The molecular weight excluding hydrogens is 354 g/mol. The fraction of sp³-hybridized carbons (Fsp3) is 0.176. The lowest BCUT2D eigenvalue weighted by molar-refractivity contribution is 0.100. The highest BCUT2D eigenvalue weighted by atomic mass is 35.5. The summed E-state index contributed by atoms with van der Waals surface area (Å²) < 4.78 is 1.78. The summed E-state index contributed by atoms with van der Waals surface area (Å²) in [5.74, 6) is 0.0889. The van der Waals surface area contributed by atoms with Crippen LogP contribution in [0.3, 0.4) is 0 Å². The van der Waals surface area contributed by atoms with E-state index in [4.69, 9.17) is 17.3 Å². The number of benzene rings is 1. The second-order valence-electron chi connectivity index (χ2n) is 5.51. The predicted octanol–water partition coefficient (Wildman–Crippen LogP) is 2.80. The molecule has 0 atom stereocenters. The number of nitrogens with two attached hydrogens (primary N) is 1. The van der Waals surface area contributed by atoms with Gasteiger partial charge >= 0.3 is 0 Å². The van der Waals surface area contributed by atoms with Crippen molar-refractivity contribution in [2.75, 3.05) is 10.6 Å². The molecule has 3 rings (SSSR count). The number of aromatic nitrogens is 4. The Morgan fingerprint density at radius 1 is 1.27 bits per heavy atom. The lowest BCUT2D eigenvalue weighted by Crippen LogP contribution is -2.17. The molecule has 0 bridgehead atoms. The van der Waals surface area contributed by atoms with Gasteiger partial charge < -0.3 is 16.4 Å². The molecule has 8 nitrogen and oxygen atoms in total. The van der Waals surface area contributed by atoms with Gasteiger partial charge in [-0.25, -0.2) is 4.98 Å². The molecule has 0 saturated carbocycles. The van der Waals surface area contributed by atoms with E-state index in [9.17, 15) is 4.79 Å². The summed E-state index contributed by atoms with van der Waals surface area (Å²) in [6, 6.07) is 7.37. The van der Waals surface area contributed by atoms with Gasteiger partial charge in [-0.05, 0) is 24.6 Å². The molecular formula is C17H18ClN7O. The van der Waals surface area contributed by atoms with Crippen molar-refractivity contribution >= 4 is 35.0 Å². The Morgan fingerprint density at radius 3 is 2.69 bits per heavy atom. The predicted molar refractivity (Wildman–Crippen MR) is 101 cm³/mol. The van der Waals surface area contributed by atoms with E-state index in [0.717, 1.165) is 17.8 Å². The minimum absolute atomic E-state index is 0.216. The average Bonchev–Trinajstić information content (AvgIpc) is 3.09. The molecule has 9 heteroatoms. The average molecular weight is 372 g/mol. The normalized spacial score (nSPS) is 10.5. The van der Waals surface area contributed by atoms with E-state index in [2.05, 4.69) is 25.7 Å². The maximum atomic E-state index is 11.6. The van der Waals surface area contributed by atoms with Crippen LogP contribution in [0.15, 0.2) is 42.9 Å². The number of halogens is 1. The third kappa shape index (κ3) is 4.28.